The van der Waals surface area contributed by atoms with Crippen LogP contribution in [0.2, 0.25) is 10.0 Å². The van der Waals surface area contributed by atoms with Crippen molar-refractivity contribution in [2.24, 2.45) is 0 Å². The topological polar surface area (TPSA) is 56.6 Å². The van der Waals surface area contributed by atoms with Crippen LogP contribution in [0.15, 0.2) is 24.3 Å². The van der Waals surface area contributed by atoms with Gasteiger partial charge in [-0.2, -0.15) is 13.2 Å². The third-order valence-electron chi connectivity index (χ3n) is 5.72. The largest absolute Gasteiger partial charge is 0.494 e. The molecule has 1 aromatic heterocycles. The van der Waals surface area contributed by atoms with Crippen LogP contribution in [0.1, 0.15) is 32.3 Å². The number of methoxy groups -OCH3 is 1. The monoisotopic (exact) mass is 577 g/mol. The molecule has 38 heavy (non-hydrogen) atoms. The summed E-state index contributed by atoms with van der Waals surface area (Å²) < 4.78 is 84.0. The second-order valence-electron chi connectivity index (χ2n) is 9.53. The number of aromatic nitrogens is 2. The van der Waals surface area contributed by atoms with Crippen molar-refractivity contribution in [2.45, 2.75) is 45.6 Å². The maximum atomic E-state index is 15.5. The number of carbonyl (C=O) groups is 1. The summed E-state index contributed by atoms with van der Waals surface area (Å²) in [5, 5.41) is -0.378. The number of fused-ring (bicyclic) bond motifs is 1. The van der Waals surface area contributed by atoms with Crippen LogP contribution in [0.5, 0.6) is 5.75 Å². The molecule has 0 radical (unpaired) electrons. The number of benzene rings is 2. The summed E-state index contributed by atoms with van der Waals surface area (Å²) in [7, 11) is 1.21. The highest BCUT2D eigenvalue weighted by Crippen LogP contribution is 2.45. The third kappa shape index (κ3) is 5.26. The quantitative estimate of drug-likeness (QED) is 0.301. The standard InChI is InChI=1S/C25H22Cl2F5N3O3/c1-24(2,3)38-23(36)34-7-8-35-17(11-34)33-22(25(30,31)32)20(35)12-9-14(27)18(16(29)10-12)19-15(28)6-5-13(26)21(19)37-4/h5-6,9-10H,7-8,11H2,1-4H3. The Bertz CT molecular complexity index is 1390. The number of halogens is 7. The second-order valence-corrected chi connectivity index (χ2v) is 10.3. The second kappa shape index (κ2) is 9.92. The van der Waals surface area contributed by atoms with Gasteiger partial charge in [0.25, 0.3) is 0 Å². The first-order valence-corrected chi connectivity index (χ1v) is 12.0. The van der Waals surface area contributed by atoms with E-state index >= 15 is 4.39 Å². The van der Waals surface area contributed by atoms with Gasteiger partial charge < -0.3 is 14.0 Å². The Morgan fingerprint density at radius 2 is 1.68 bits per heavy atom. The Morgan fingerprint density at radius 1 is 1.00 bits per heavy atom. The van der Waals surface area contributed by atoms with Crippen molar-refractivity contribution in [2.75, 3.05) is 13.7 Å². The summed E-state index contributed by atoms with van der Waals surface area (Å²) in [6.45, 7) is 4.72. The molecule has 1 aliphatic heterocycles. The minimum absolute atomic E-state index is 0.0118. The van der Waals surface area contributed by atoms with Crippen LogP contribution in [0.25, 0.3) is 22.4 Å². The van der Waals surface area contributed by atoms with E-state index in [0.717, 1.165) is 18.2 Å². The highest BCUT2D eigenvalue weighted by atomic mass is 35.5. The Morgan fingerprint density at radius 3 is 2.26 bits per heavy atom. The van der Waals surface area contributed by atoms with Crippen molar-refractivity contribution in [1.29, 1.82) is 0 Å². The Labute approximate surface area is 224 Å². The molecule has 0 saturated carbocycles. The smallest absolute Gasteiger partial charge is 0.435 e. The van der Waals surface area contributed by atoms with Crippen molar-refractivity contribution >= 4 is 29.3 Å². The lowest BCUT2D eigenvalue weighted by Gasteiger charge is -2.31. The van der Waals surface area contributed by atoms with Crippen LogP contribution in [-0.2, 0) is 24.0 Å². The number of rotatable bonds is 3. The Kier molecular flexibility index (Phi) is 7.30. The summed E-state index contributed by atoms with van der Waals surface area (Å²) in [6, 6.07) is 4.13. The zero-order chi connectivity index (χ0) is 28.2. The molecule has 13 heteroatoms. The maximum absolute atomic E-state index is 15.5. The zero-order valence-electron chi connectivity index (χ0n) is 20.6. The molecular weight excluding hydrogens is 556 g/mol. The van der Waals surface area contributed by atoms with Crippen molar-refractivity contribution in [3.05, 3.63) is 57.5 Å². The predicted molar refractivity (Wildman–Crippen MR) is 131 cm³/mol. The molecule has 0 saturated heterocycles. The molecule has 1 amide bonds. The van der Waals surface area contributed by atoms with Crippen LogP contribution >= 0.6 is 23.2 Å². The molecular formula is C25H22Cl2F5N3O3. The number of hydrogen-bond acceptors (Lipinski definition) is 4. The molecule has 1 aliphatic rings. The summed E-state index contributed by atoms with van der Waals surface area (Å²) in [5.74, 6) is -2.23. The van der Waals surface area contributed by atoms with Gasteiger partial charge in [-0.25, -0.2) is 18.6 Å². The van der Waals surface area contributed by atoms with Gasteiger partial charge in [0.2, 0.25) is 0 Å². The number of amides is 1. The number of hydrogen-bond donors (Lipinski definition) is 0. The molecule has 0 N–H and O–H groups in total. The first-order valence-electron chi connectivity index (χ1n) is 11.3. The summed E-state index contributed by atoms with van der Waals surface area (Å²) in [5.41, 5.74) is -3.51. The lowest BCUT2D eigenvalue weighted by atomic mass is 9.99. The first-order chi connectivity index (χ1) is 17.6. The Balaban J connectivity index is 1.83. The summed E-state index contributed by atoms with van der Waals surface area (Å²) >= 11 is 12.4. The zero-order valence-corrected chi connectivity index (χ0v) is 22.2. The summed E-state index contributed by atoms with van der Waals surface area (Å²) in [4.78, 5) is 17.5. The van der Waals surface area contributed by atoms with E-state index in [1.54, 1.807) is 20.8 Å². The van der Waals surface area contributed by atoms with E-state index < -0.39 is 46.5 Å². The molecule has 0 spiro atoms. The van der Waals surface area contributed by atoms with Crippen molar-refractivity contribution in [3.63, 3.8) is 0 Å². The van der Waals surface area contributed by atoms with Crippen molar-refractivity contribution < 1.29 is 36.2 Å². The number of imidazole rings is 1. The fourth-order valence-corrected chi connectivity index (χ4v) is 4.76. The molecule has 2 aromatic carbocycles. The van der Waals surface area contributed by atoms with E-state index in [0.29, 0.717) is 0 Å². The van der Waals surface area contributed by atoms with Crippen LogP contribution in [0.4, 0.5) is 26.7 Å². The van der Waals surface area contributed by atoms with E-state index in [9.17, 15) is 22.4 Å². The molecule has 3 aromatic rings. The minimum atomic E-state index is -4.90. The molecule has 0 atom stereocenters. The molecule has 0 bridgehead atoms. The van der Waals surface area contributed by atoms with Gasteiger partial charge in [0.1, 0.15) is 28.8 Å². The van der Waals surface area contributed by atoms with Gasteiger partial charge in [0.05, 0.1) is 35.0 Å². The van der Waals surface area contributed by atoms with Gasteiger partial charge in [-0.05, 0) is 45.0 Å². The van der Waals surface area contributed by atoms with Crippen LogP contribution in [0.3, 0.4) is 0 Å². The van der Waals surface area contributed by atoms with Crippen LogP contribution < -0.4 is 4.74 Å². The van der Waals surface area contributed by atoms with Crippen molar-refractivity contribution in [3.8, 4) is 28.1 Å². The molecule has 0 aliphatic carbocycles. The molecule has 4 rings (SSSR count). The van der Waals surface area contributed by atoms with Crippen LogP contribution in [-0.4, -0.2) is 39.8 Å². The van der Waals surface area contributed by atoms with Gasteiger partial charge in [-0.1, -0.05) is 23.2 Å². The fraction of sp³-hybridized carbons (Fsp3) is 0.360. The predicted octanol–water partition coefficient (Wildman–Crippen LogP) is 7.58. The average molecular weight is 578 g/mol. The molecule has 2 heterocycles. The van der Waals surface area contributed by atoms with Gasteiger partial charge in [0.15, 0.2) is 5.69 Å². The van der Waals surface area contributed by atoms with Crippen LogP contribution in [0, 0.1) is 11.6 Å². The first kappa shape index (κ1) is 28.0. The lowest BCUT2D eigenvalue weighted by molar-refractivity contribution is -0.140. The van der Waals surface area contributed by atoms with Gasteiger partial charge in [-0.15, -0.1) is 0 Å². The maximum Gasteiger partial charge on any atom is 0.435 e. The van der Waals surface area contributed by atoms with E-state index in [4.69, 9.17) is 32.7 Å². The molecule has 204 valence electrons. The van der Waals surface area contributed by atoms with E-state index in [1.807, 2.05) is 0 Å². The Hall–Kier alpha value is -3.05. The number of nitrogens with zero attached hydrogens (tertiary/aromatic N) is 3. The minimum Gasteiger partial charge on any atom is -0.494 e. The van der Waals surface area contributed by atoms with Gasteiger partial charge in [0, 0.05) is 24.2 Å². The van der Waals surface area contributed by atoms with Crippen molar-refractivity contribution in [1.82, 2.24) is 14.5 Å². The molecule has 6 nitrogen and oxygen atoms in total. The number of ether oxygens (including phenoxy) is 2. The summed E-state index contributed by atoms with van der Waals surface area (Å²) in [6.07, 6.45) is -5.60. The SMILES string of the molecule is COc1c(Cl)ccc(F)c1-c1c(F)cc(-c2c(C(F)(F)F)nc3n2CCN(C(=O)OC(C)(C)C)C3)cc1Cl. The molecule has 0 fully saturated rings. The van der Waals surface area contributed by atoms with Gasteiger partial charge >= 0.3 is 12.3 Å². The van der Waals surface area contributed by atoms with E-state index in [-0.39, 0.29) is 52.4 Å². The highest BCUT2D eigenvalue weighted by molar-refractivity contribution is 6.35. The number of carbonyl (C=O) groups excluding carboxylic acids is 1. The molecule has 0 unspecified atom stereocenters. The lowest BCUT2D eigenvalue weighted by Crippen LogP contribution is -2.41. The number of alkyl halides is 3. The highest BCUT2D eigenvalue weighted by Gasteiger charge is 2.41. The van der Waals surface area contributed by atoms with E-state index in [1.165, 1.54) is 22.6 Å². The average Bonchev–Trinajstić information content (AvgIpc) is 3.19. The fourth-order valence-electron chi connectivity index (χ4n) is 4.22. The third-order valence-corrected chi connectivity index (χ3v) is 6.32. The van der Waals surface area contributed by atoms with E-state index in [2.05, 4.69) is 4.98 Å². The van der Waals surface area contributed by atoms with Gasteiger partial charge in [-0.3, -0.25) is 4.90 Å². The normalized spacial score (nSPS) is 13.9.